The summed E-state index contributed by atoms with van der Waals surface area (Å²) in [6.45, 7) is 5.36. The highest BCUT2D eigenvalue weighted by molar-refractivity contribution is 5.94. The average molecular weight is 387 g/mol. The highest BCUT2D eigenvalue weighted by atomic mass is 19.1. The minimum absolute atomic E-state index is 0.0399. The minimum atomic E-state index is -0.516. The van der Waals surface area contributed by atoms with Crippen LogP contribution in [0, 0.1) is 11.2 Å². The van der Waals surface area contributed by atoms with Crippen LogP contribution >= 0.6 is 0 Å². The largest absolute Gasteiger partial charge is 0.492 e. The van der Waals surface area contributed by atoms with E-state index < -0.39 is 11.2 Å². The standard InChI is InChI=1S/C21H26FN3O3/c1-21(2)11-24(7-6-16(21)23)18-15(22)8-14-17(20(18)28-3)25(13-4-5-13)9-12(10-26)19(14)27/h8-10,13,16H,4-7,11,23H2,1-3H3. The summed E-state index contributed by atoms with van der Waals surface area (Å²) in [5.41, 5.74) is 6.57. The van der Waals surface area contributed by atoms with Crippen LogP contribution in [0.2, 0.25) is 0 Å². The average Bonchev–Trinajstić information content (AvgIpc) is 3.49. The van der Waals surface area contributed by atoms with Gasteiger partial charge in [0.15, 0.2) is 23.3 Å². The monoisotopic (exact) mass is 387 g/mol. The molecular weight excluding hydrogens is 361 g/mol. The number of rotatable bonds is 4. The number of nitrogens with zero attached hydrogens (tertiary/aromatic N) is 2. The van der Waals surface area contributed by atoms with Crippen molar-refractivity contribution in [3.8, 4) is 5.75 Å². The molecule has 28 heavy (non-hydrogen) atoms. The normalized spacial score (nSPS) is 21.8. The number of halogens is 1. The zero-order valence-electron chi connectivity index (χ0n) is 16.5. The van der Waals surface area contributed by atoms with Crippen LogP contribution in [0.1, 0.15) is 49.5 Å². The number of pyridine rings is 1. The fourth-order valence-electron chi connectivity index (χ4n) is 4.24. The highest BCUT2D eigenvalue weighted by Gasteiger charge is 2.37. The van der Waals surface area contributed by atoms with Crippen molar-refractivity contribution in [3.05, 3.63) is 33.9 Å². The zero-order valence-corrected chi connectivity index (χ0v) is 16.5. The number of carbonyl (C=O) groups is 1. The van der Waals surface area contributed by atoms with Gasteiger partial charge in [-0.2, -0.15) is 0 Å². The van der Waals surface area contributed by atoms with Crippen molar-refractivity contribution in [2.45, 2.75) is 45.2 Å². The summed E-state index contributed by atoms with van der Waals surface area (Å²) in [6.07, 6.45) is 4.77. The van der Waals surface area contributed by atoms with Crippen LogP contribution in [0.3, 0.4) is 0 Å². The Labute approximate surface area is 163 Å². The van der Waals surface area contributed by atoms with Crippen molar-refractivity contribution in [3.63, 3.8) is 0 Å². The molecule has 4 rings (SSSR count). The van der Waals surface area contributed by atoms with E-state index in [4.69, 9.17) is 10.5 Å². The Kier molecular flexibility index (Phi) is 4.45. The molecule has 0 spiro atoms. The van der Waals surface area contributed by atoms with E-state index in [2.05, 4.69) is 13.8 Å². The van der Waals surface area contributed by atoms with Crippen molar-refractivity contribution >= 4 is 22.9 Å². The molecule has 1 atom stereocenters. The van der Waals surface area contributed by atoms with Crippen molar-refractivity contribution in [1.29, 1.82) is 0 Å². The van der Waals surface area contributed by atoms with Crippen LogP contribution in [0.5, 0.6) is 5.75 Å². The fourth-order valence-corrected chi connectivity index (χ4v) is 4.24. The lowest BCUT2D eigenvalue weighted by atomic mass is 9.79. The first-order valence-electron chi connectivity index (χ1n) is 9.69. The molecule has 1 unspecified atom stereocenters. The number of hydrogen-bond donors (Lipinski definition) is 1. The summed E-state index contributed by atoms with van der Waals surface area (Å²) in [7, 11) is 1.49. The van der Waals surface area contributed by atoms with Crippen molar-refractivity contribution in [2.24, 2.45) is 11.1 Å². The second-order valence-electron chi connectivity index (χ2n) is 8.61. The van der Waals surface area contributed by atoms with Gasteiger partial charge < -0.3 is 19.9 Å². The van der Waals surface area contributed by atoms with E-state index in [1.165, 1.54) is 13.2 Å². The Morgan fingerprint density at radius 2 is 2.04 bits per heavy atom. The smallest absolute Gasteiger partial charge is 0.200 e. The summed E-state index contributed by atoms with van der Waals surface area (Å²) in [4.78, 5) is 26.0. The summed E-state index contributed by atoms with van der Waals surface area (Å²) in [5, 5.41) is 0.183. The SMILES string of the molecule is COc1c(N2CCC(N)C(C)(C)C2)c(F)cc2c(=O)c(C=O)cn(C3CC3)c12. The predicted molar refractivity (Wildman–Crippen MR) is 107 cm³/mol. The number of nitrogens with two attached hydrogens (primary N) is 1. The highest BCUT2D eigenvalue weighted by Crippen LogP contribution is 2.45. The maximum Gasteiger partial charge on any atom is 0.200 e. The quantitative estimate of drug-likeness (QED) is 0.817. The van der Waals surface area contributed by atoms with E-state index in [0.717, 1.165) is 19.3 Å². The Bertz CT molecular complexity index is 1010. The number of benzene rings is 1. The lowest BCUT2D eigenvalue weighted by Crippen LogP contribution is -2.52. The van der Waals surface area contributed by atoms with E-state index in [0.29, 0.717) is 36.3 Å². The number of fused-ring (bicyclic) bond motifs is 1. The second kappa shape index (κ2) is 6.58. The van der Waals surface area contributed by atoms with E-state index in [1.807, 2.05) is 9.47 Å². The number of piperidine rings is 1. The molecule has 1 aromatic carbocycles. The molecular formula is C21H26FN3O3. The van der Waals surface area contributed by atoms with Crippen LogP contribution in [-0.4, -0.2) is 37.1 Å². The van der Waals surface area contributed by atoms with Crippen LogP contribution < -0.4 is 20.8 Å². The van der Waals surface area contributed by atoms with Gasteiger partial charge in [-0.15, -0.1) is 0 Å². The first kappa shape index (κ1) is 18.9. The van der Waals surface area contributed by atoms with E-state index in [-0.39, 0.29) is 28.4 Å². The van der Waals surface area contributed by atoms with Gasteiger partial charge in [0.05, 0.1) is 23.6 Å². The lowest BCUT2D eigenvalue weighted by molar-refractivity contribution is 0.112. The van der Waals surface area contributed by atoms with Gasteiger partial charge in [-0.1, -0.05) is 13.8 Å². The predicted octanol–water partition coefficient (Wildman–Crippen LogP) is 2.86. The Hall–Kier alpha value is -2.41. The Morgan fingerprint density at radius 3 is 2.61 bits per heavy atom. The van der Waals surface area contributed by atoms with Gasteiger partial charge in [0.1, 0.15) is 5.69 Å². The molecule has 2 aliphatic rings. The zero-order chi connectivity index (χ0) is 20.2. The summed E-state index contributed by atoms with van der Waals surface area (Å²) >= 11 is 0. The summed E-state index contributed by atoms with van der Waals surface area (Å²) in [5.74, 6) is -0.166. The molecule has 2 aromatic rings. The molecule has 0 radical (unpaired) electrons. The third-order valence-electron chi connectivity index (χ3n) is 6.13. The molecule has 7 heteroatoms. The second-order valence-corrected chi connectivity index (χ2v) is 8.61. The maximum absolute atomic E-state index is 15.3. The van der Waals surface area contributed by atoms with Gasteiger partial charge in [0.25, 0.3) is 0 Å². The molecule has 2 fully saturated rings. The van der Waals surface area contributed by atoms with E-state index in [9.17, 15) is 9.59 Å². The molecule has 2 heterocycles. The lowest BCUT2D eigenvalue weighted by Gasteiger charge is -2.44. The molecule has 1 aromatic heterocycles. The molecule has 0 bridgehead atoms. The van der Waals surface area contributed by atoms with Crippen molar-refractivity contribution < 1.29 is 13.9 Å². The van der Waals surface area contributed by atoms with Crippen LogP contribution in [0.15, 0.2) is 17.1 Å². The van der Waals surface area contributed by atoms with Gasteiger partial charge in [-0.25, -0.2) is 4.39 Å². The van der Waals surface area contributed by atoms with Gasteiger partial charge in [-0.3, -0.25) is 9.59 Å². The van der Waals surface area contributed by atoms with Crippen molar-refractivity contribution in [1.82, 2.24) is 4.57 Å². The van der Waals surface area contributed by atoms with Crippen LogP contribution in [0.4, 0.5) is 10.1 Å². The molecule has 1 aliphatic carbocycles. The molecule has 6 nitrogen and oxygen atoms in total. The fraction of sp³-hybridized carbons (Fsp3) is 0.524. The van der Waals surface area contributed by atoms with Crippen LogP contribution in [0.25, 0.3) is 10.9 Å². The number of hydrogen-bond acceptors (Lipinski definition) is 5. The third kappa shape index (κ3) is 2.89. The number of aromatic nitrogens is 1. The topological polar surface area (TPSA) is 77.6 Å². The van der Waals surface area contributed by atoms with Gasteiger partial charge in [-0.05, 0) is 30.7 Å². The maximum atomic E-state index is 15.3. The third-order valence-corrected chi connectivity index (χ3v) is 6.13. The van der Waals surface area contributed by atoms with Crippen LogP contribution in [-0.2, 0) is 0 Å². The Morgan fingerprint density at radius 1 is 1.32 bits per heavy atom. The molecule has 150 valence electrons. The first-order chi connectivity index (χ1) is 13.3. The minimum Gasteiger partial charge on any atom is -0.492 e. The van der Waals surface area contributed by atoms with Gasteiger partial charge >= 0.3 is 0 Å². The van der Waals surface area contributed by atoms with E-state index in [1.54, 1.807) is 6.20 Å². The molecule has 1 saturated carbocycles. The number of methoxy groups -OCH3 is 1. The molecule has 0 amide bonds. The van der Waals surface area contributed by atoms with Gasteiger partial charge in [0.2, 0.25) is 0 Å². The summed E-state index contributed by atoms with van der Waals surface area (Å²) < 4.78 is 22.9. The number of ether oxygens (including phenoxy) is 1. The van der Waals surface area contributed by atoms with Gasteiger partial charge in [0, 0.05) is 31.4 Å². The van der Waals surface area contributed by atoms with Crippen molar-refractivity contribution in [2.75, 3.05) is 25.1 Å². The summed E-state index contributed by atoms with van der Waals surface area (Å²) in [6, 6.07) is 1.49. The number of carbonyl (C=O) groups excluding carboxylic acids is 1. The Balaban J connectivity index is 1.98. The van der Waals surface area contributed by atoms with E-state index >= 15 is 4.39 Å². The number of anilines is 1. The molecule has 2 N–H and O–H groups in total. The molecule has 1 saturated heterocycles. The first-order valence-corrected chi connectivity index (χ1v) is 9.69. The molecule has 1 aliphatic heterocycles. The number of aldehydes is 1.